The first-order valence-corrected chi connectivity index (χ1v) is 28.3. The maximum absolute atomic E-state index is 13.7. The van der Waals surface area contributed by atoms with Gasteiger partial charge in [0.2, 0.25) is 5.88 Å². The number of aromatic amines is 3. The number of hydrogen-bond acceptors (Lipinski definition) is 15. The van der Waals surface area contributed by atoms with E-state index in [1.165, 1.54) is 43.4 Å². The van der Waals surface area contributed by atoms with Gasteiger partial charge in [-0.2, -0.15) is 54.8 Å². The normalized spacial score (nSPS) is 15.8. The van der Waals surface area contributed by atoms with E-state index in [4.69, 9.17) is 4.74 Å². The molecule has 2 fully saturated rings. The number of halogens is 9. The Morgan fingerprint density at radius 2 is 1.07 bits per heavy atom. The van der Waals surface area contributed by atoms with Crippen molar-refractivity contribution in [2.45, 2.75) is 75.7 Å². The Kier molecular flexibility index (Phi) is 18.1. The number of hydrogen-bond donors (Lipinski definition) is 7. The fourth-order valence-electron chi connectivity index (χ4n) is 11.1. The van der Waals surface area contributed by atoms with Crippen LogP contribution in [0.4, 0.5) is 56.8 Å². The molecule has 0 unspecified atom stereocenters. The van der Waals surface area contributed by atoms with Crippen molar-refractivity contribution >= 4 is 50.4 Å². The highest BCUT2D eigenvalue weighted by Gasteiger charge is 2.39. The Hall–Kier alpha value is -9.60. The molecule has 2 aromatic carbocycles. The summed E-state index contributed by atoms with van der Waals surface area (Å²) in [5.41, 5.74) is 0.323. The molecule has 27 heteroatoms. The monoisotopic (exact) mass is 1240 g/mol. The predicted molar refractivity (Wildman–Crippen MR) is 329 cm³/mol. The lowest BCUT2D eigenvalue weighted by molar-refractivity contribution is -0.138. The Morgan fingerprint density at radius 3 is 1.62 bits per heavy atom. The number of aromatic nitrogens is 12. The summed E-state index contributed by atoms with van der Waals surface area (Å²) in [5, 5.41) is 46.2. The number of benzene rings is 2. The van der Waals surface area contributed by atoms with Crippen LogP contribution in [0, 0.1) is 5.92 Å². The summed E-state index contributed by atoms with van der Waals surface area (Å²) in [6.07, 6.45) is -2.85. The number of fused-ring (bicyclic) bond motifs is 4. The third-order valence-corrected chi connectivity index (χ3v) is 15.2. The van der Waals surface area contributed by atoms with Crippen molar-refractivity contribution in [3.05, 3.63) is 174 Å². The molecule has 0 saturated carbocycles. The molecule has 11 aromatic rings. The zero-order valence-corrected chi connectivity index (χ0v) is 47.0. The lowest BCUT2D eigenvalue weighted by Gasteiger charge is -2.44. The van der Waals surface area contributed by atoms with Gasteiger partial charge in [0.15, 0.2) is 16.9 Å². The highest BCUT2D eigenvalue weighted by molar-refractivity contribution is 5.92. The number of aliphatic hydroxyl groups is 2. The second-order valence-electron chi connectivity index (χ2n) is 21.2. The fraction of sp³-hybridized carbons (Fsp3) is 0.274. The number of alkyl halides is 9. The number of piperidine rings is 2. The van der Waals surface area contributed by atoms with E-state index in [1.54, 1.807) is 66.9 Å². The molecule has 0 amide bonds. The Bertz CT molecular complexity index is 4230. The van der Waals surface area contributed by atoms with Gasteiger partial charge >= 0.3 is 18.5 Å². The van der Waals surface area contributed by atoms with Crippen molar-refractivity contribution < 1.29 is 64.5 Å². The maximum Gasteiger partial charge on any atom is 0.418 e. The van der Waals surface area contributed by atoms with Crippen LogP contribution in [0.25, 0.3) is 67.3 Å². The minimum Gasteiger partial charge on any atom is -0.477 e. The number of nitrogens with zero attached hydrogens (tertiary/aromatic N) is 10. The molecule has 11 heterocycles. The second-order valence-corrected chi connectivity index (χ2v) is 21.2. The molecule has 2 aliphatic heterocycles. The SMILES string of the molecule is FC(F)(F)c1ccc(OC[C@@H]2CCCN3CCCC[C@H]23)nc1-c1[nH]nc2ncccc12.OC[C@H](Cc1ccccc1)Nc1ccc(C(F)(F)F)c(-c2[nH]nc3ncccc23)n1.OCc1cccc(Nc2ccc(C(F)(F)F)c(-c3[nH]nc4ncccc34)n2)c1.[HH].[HH].[HH].[HH].[HH].[HH].[HH]. The van der Waals surface area contributed by atoms with E-state index in [9.17, 15) is 49.7 Å². The van der Waals surface area contributed by atoms with Crippen LogP contribution in [0.2, 0.25) is 0 Å². The number of anilines is 3. The van der Waals surface area contributed by atoms with Crippen LogP contribution in [0.15, 0.2) is 146 Å². The van der Waals surface area contributed by atoms with Crippen LogP contribution in [0.1, 0.15) is 69.9 Å². The van der Waals surface area contributed by atoms with E-state index in [1.807, 2.05) is 30.3 Å². The Balaban J connectivity index is 0.000000296. The molecular formula is C62H70F9N15O3. The van der Waals surface area contributed by atoms with Gasteiger partial charge in [-0.3, -0.25) is 20.2 Å². The average molecular weight is 1240 g/mol. The van der Waals surface area contributed by atoms with Crippen molar-refractivity contribution in [2.24, 2.45) is 5.92 Å². The van der Waals surface area contributed by atoms with Gasteiger partial charge in [-0.15, -0.1) is 0 Å². The van der Waals surface area contributed by atoms with Gasteiger partial charge in [-0.25, -0.2) is 29.9 Å². The smallest absolute Gasteiger partial charge is 0.418 e. The molecule has 0 aliphatic carbocycles. The van der Waals surface area contributed by atoms with Crippen molar-refractivity contribution in [3.63, 3.8) is 0 Å². The third kappa shape index (κ3) is 14.2. The van der Waals surface area contributed by atoms with E-state index in [2.05, 4.69) is 76.0 Å². The van der Waals surface area contributed by atoms with Gasteiger partial charge in [-0.05, 0) is 135 Å². The highest BCUT2D eigenvalue weighted by atomic mass is 19.4. The van der Waals surface area contributed by atoms with Crippen molar-refractivity contribution in [1.29, 1.82) is 0 Å². The highest BCUT2D eigenvalue weighted by Crippen LogP contribution is 2.42. The van der Waals surface area contributed by atoms with Crippen molar-refractivity contribution in [1.82, 2.24) is 65.4 Å². The molecule has 2 aliphatic rings. The summed E-state index contributed by atoms with van der Waals surface area (Å²) < 4.78 is 129. The molecule has 9 aromatic heterocycles. The minimum absolute atomic E-state index is 0. The molecule has 0 radical (unpaired) electrons. The van der Waals surface area contributed by atoms with Crippen LogP contribution in [0.5, 0.6) is 5.88 Å². The van der Waals surface area contributed by atoms with Crippen molar-refractivity contribution in [3.8, 4) is 40.0 Å². The quantitative estimate of drug-likeness (QED) is 0.0501. The largest absolute Gasteiger partial charge is 0.477 e. The third-order valence-electron chi connectivity index (χ3n) is 15.2. The van der Waals surface area contributed by atoms with E-state index < -0.39 is 41.3 Å². The Labute approximate surface area is 511 Å². The summed E-state index contributed by atoms with van der Waals surface area (Å²) in [5.74, 6) is 1.02. The standard InChI is InChI=1S/C22H24F3N5O.C21H18F3N5O.C19H14F3N5O.7H2/c23-22(24,25)16-8-9-18(27-20(16)19-15-6-3-10-26-21(15)29-28-19)31-13-14-5-4-12-30-11-2-1-7-17(14)30;22-21(23,24)16-8-9-17(26-14(12-30)11-13-5-2-1-3-6-13)27-19(16)18-15-7-4-10-25-20(15)29-28-18;20-19(21,22)14-6-7-15(24-12-4-1-3-11(9-12)10-28)25-17(14)16-13-5-2-8-23-18(13)27-26-16;;;;;;;/h3,6,8-10,14,17H,1-2,4-5,7,11-13H2,(H,26,28,29);1-10,14,30H,11-12H2,(H,26,27)(H,25,28,29);1-9,28H,10H2,(H,24,25)(H,23,26,27);7*1H/t14-,17+;14-;;;;;;;;/m00......../s1. The van der Waals surface area contributed by atoms with Gasteiger partial charge in [0, 0.05) is 68.4 Å². The molecule has 13 rings (SSSR count). The fourth-order valence-corrected chi connectivity index (χ4v) is 11.1. The molecule has 7 N–H and O–H groups in total. The molecule has 89 heavy (non-hydrogen) atoms. The lowest BCUT2D eigenvalue weighted by Crippen LogP contribution is -2.49. The van der Waals surface area contributed by atoms with E-state index in [0.29, 0.717) is 69.3 Å². The van der Waals surface area contributed by atoms with Crippen LogP contribution < -0.4 is 15.4 Å². The second kappa shape index (κ2) is 26.4. The first kappa shape index (κ1) is 61.1. The molecule has 3 atom stereocenters. The van der Waals surface area contributed by atoms with Crippen LogP contribution in [-0.4, -0.2) is 114 Å². The summed E-state index contributed by atoms with van der Waals surface area (Å²) in [6.45, 7) is 2.37. The van der Waals surface area contributed by atoms with Gasteiger partial charge in [0.05, 0.1) is 59.6 Å². The van der Waals surface area contributed by atoms with E-state index in [0.717, 1.165) is 56.1 Å². The summed E-state index contributed by atoms with van der Waals surface area (Å²) >= 11 is 0. The minimum atomic E-state index is -4.60. The number of rotatable bonds is 14. The van der Waals surface area contributed by atoms with Gasteiger partial charge in [-0.1, -0.05) is 48.9 Å². The zero-order valence-electron chi connectivity index (χ0n) is 47.0. The van der Waals surface area contributed by atoms with Gasteiger partial charge < -0.3 is 25.6 Å². The van der Waals surface area contributed by atoms with Gasteiger partial charge in [0.1, 0.15) is 28.7 Å². The number of pyridine rings is 6. The molecular weight excluding hydrogens is 1170 g/mol. The van der Waals surface area contributed by atoms with E-state index >= 15 is 0 Å². The van der Waals surface area contributed by atoms with Crippen LogP contribution in [0.3, 0.4) is 0 Å². The number of ether oxygens (including phenoxy) is 1. The first-order chi connectivity index (χ1) is 42.9. The van der Waals surface area contributed by atoms with Gasteiger partial charge in [0.25, 0.3) is 0 Å². The topological polar surface area (TPSA) is 240 Å². The predicted octanol–water partition coefficient (Wildman–Crippen LogP) is 14.7. The summed E-state index contributed by atoms with van der Waals surface area (Å²) in [6, 6.07) is 33.1. The van der Waals surface area contributed by atoms with Crippen molar-refractivity contribution in [2.75, 3.05) is 36.9 Å². The lowest BCUT2D eigenvalue weighted by atomic mass is 9.84. The molecule has 0 spiro atoms. The zero-order chi connectivity index (χ0) is 62.3. The molecule has 0 bridgehead atoms. The molecule has 18 nitrogen and oxygen atoms in total. The van der Waals surface area contributed by atoms with Crippen LogP contribution >= 0.6 is 0 Å². The molecule has 474 valence electrons. The number of nitrogens with one attached hydrogen (secondary N) is 5. The Morgan fingerprint density at radius 1 is 0.551 bits per heavy atom. The summed E-state index contributed by atoms with van der Waals surface area (Å²) in [4.78, 5) is 27.4. The van der Waals surface area contributed by atoms with E-state index in [-0.39, 0.29) is 74.9 Å². The maximum atomic E-state index is 13.7. The number of aliphatic hydroxyl groups excluding tert-OH is 2. The van der Waals surface area contributed by atoms with Crippen LogP contribution in [-0.2, 0) is 31.6 Å². The number of H-pyrrole nitrogens is 3. The average Bonchev–Trinajstić information content (AvgIpc) is 1.51. The molecule has 2 saturated heterocycles. The summed E-state index contributed by atoms with van der Waals surface area (Å²) in [7, 11) is 0. The first-order valence-electron chi connectivity index (χ1n) is 28.3.